The first kappa shape index (κ1) is 18.7. The number of carbonyl (C=O) groups is 1. The quantitative estimate of drug-likeness (QED) is 0.493. The molecular formula is C25H22N2O2. The number of anilines is 1. The van der Waals surface area contributed by atoms with Gasteiger partial charge in [0, 0.05) is 22.7 Å². The summed E-state index contributed by atoms with van der Waals surface area (Å²) in [7, 11) is 0. The summed E-state index contributed by atoms with van der Waals surface area (Å²) in [5.74, 6) is 0.443. The first-order valence-electron chi connectivity index (χ1n) is 9.55. The SMILES string of the molecule is Cc1ccc(-c2cc(OCC(=O)Nc3cccc(C)c3)c3ccccc3n2)cc1. The highest BCUT2D eigenvalue weighted by atomic mass is 16.5. The van der Waals surface area contributed by atoms with Crippen LogP contribution in [0.4, 0.5) is 5.69 Å². The second-order valence-electron chi connectivity index (χ2n) is 7.10. The van der Waals surface area contributed by atoms with Gasteiger partial charge in [-0.3, -0.25) is 4.79 Å². The molecule has 0 aliphatic heterocycles. The third-order valence-corrected chi connectivity index (χ3v) is 4.69. The number of hydrogen-bond donors (Lipinski definition) is 1. The average Bonchev–Trinajstić information content (AvgIpc) is 2.72. The van der Waals surface area contributed by atoms with Crippen molar-refractivity contribution in [3.8, 4) is 17.0 Å². The molecule has 0 bridgehead atoms. The Balaban J connectivity index is 1.58. The average molecular weight is 382 g/mol. The summed E-state index contributed by atoms with van der Waals surface area (Å²) in [6.07, 6.45) is 0. The van der Waals surface area contributed by atoms with E-state index in [0.29, 0.717) is 5.75 Å². The van der Waals surface area contributed by atoms with Crippen LogP contribution in [0.25, 0.3) is 22.2 Å². The van der Waals surface area contributed by atoms with Crippen LogP contribution < -0.4 is 10.1 Å². The third kappa shape index (κ3) is 4.43. The minimum atomic E-state index is -0.201. The molecule has 0 saturated carbocycles. The van der Waals surface area contributed by atoms with E-state index in [4.69, 9.17) is 9.72 Å². The number of nitrogens with one attached hydrogen (secondary N) is 1. The van der Waals surface area contributed by atoms with Gasteiger partial charge in [-0.1, -0.05) is 54.1 Å². The number of benzene rings is 3. The van der Waals surface area contributed by atoms with Gasteiger partial charge in [-0.15, -0.1) is 0 Å². The van der Waals surface area contributed by atoms with E-state index < -0.39 is 0 Å². The fraction of sp³-hybridized carbons (Fsp3) is 0.120. The molecular weight excluding hydrogens is 360 g/mol. The second-order valence-corrected chi connectivity index (χ2v) is 7.10. The number of fused-ring (bicyclic) bond motifs is 1. The van der Waals surface area contributed by atoms with Crippen LogP contribution in [0.2, 0.25) is 0 Å². The monoisotopic (exact) mass is 382 g/mol. The van der Waals surface area contributed by atoms with Crippen LogP contribution in [-0.4, -0.2) is 17.5 Å². The third-order valence-electron chi connectivity index (χ3n) is 4.69. The minimum Gasteiger partial charge on any atom is -0.483 e. The lowest BCUT2D eigenvalue weighted by Crippen LogP contribution is -2.20. The smallest absolute Gasteiger partial charge is 0.262 e. The second kappa shape index (κ2) is 8.15. The lowest BCUT2D eigenvalue weighted by atomic mass is 10.1. The molecule has 1 amide bonds. The Morgan fingerprint density at radius 1 is 0.897 bits per heavy atom. The van der Waals surface area contributed by atoms with Gasteiger partial charge in [0.1, 0.15) is 5.75 Å². The maximum Gasteiger partial charge on any atom is 0.262 e. The number of aromatic nitrogens is 1. The minimum absolute atomic E-state index is 0.0741. The zero-order chi connectivity index (χ0) is 20.2. The zero-order valence-corrected chi connectivity index (χ0v) is 16.5. The van der Waals surface area contributed by atoms with E-state index in [9.17, 15) is 4.79 Å². The van der Waals surface area contributed by atoms with Gasteiger partial charge in [-0.25, -0.2) is 4.98 Å². The predicted molar refractivity (Wildman–Crippen MR) is 117 cm³/mol. The number of ether oxygens (including phenoxy) is 1. The molecule has 4 aromatic rings. The van der Waals surface area contributed by atoms with Crippen molar-refractivity contribution < 1.29 is 9.53 Å². The Hall–Kier alpha value is -3.66. The number of aryl methyl sites for hydroxylation is 2. The van der Waals surface area contributed by atoms with E-state index in [1.165, 1.54) is 5.56 Å². The largest absolute Gasteiger partial charge is 0.483 e. The molecule has 29 heavy (non-hydrogen) atoms. The molecule has 0 radical (unpaired) electrons. The fourth-order valence-electron chi connectivity index (χ4n) is 3.20. The van der Waals surface area contributed by atoms with E-state index in [1.807, 2.05) is 73.7 Å². The number of para-hydroxylation sites is 1. The van der Waals surface area contributed by atoms with Crippen molar-refractivity contribution in [1.82, 2.24) is 4.98 Å². The Morgan fingerprint density at radius 3 is 2.48 bits per heavy atom. The molecule has 4 nitrogen and oxygen atoms in total. The first-order valence-corrected chi connectivity index (χ1v) is 9.55. The lowest BCUT2D eigenvalue weighted by Gasteiger charge is -2.12. The van der Waals surface area contributed by atoms with Crippen molar-refractivity contribution in [3.05, 3.63) is 90.0 Å². The van der Waals surface area contributed by atoms with Crippen molar-refractivity contribution in [1.29, 1.82) is 0 Å². The number of rotatable bonds is 5. The molecule has 0 unspecified atom stereocenters. The molecule has 3 aromatic carbocycles. The van der Waals surface area contributed by atoms with Gasteiger partial charge >= 0.3 is 0 Å². The predicted octanol–water partition coefficient (Wildman–Crippen LogP) is 5.54. The summed E-state index contributed by atoms with van der Waals surface area (Å²) in [6.45, 7) is 3.97. The van der Waals surface area contributed by atoms with Gasteiger partial charge in [0.05, 0.1) is 11.2 Å². The van der Waals surface area contributed by atoms with Crippen LogP contribution in [0.1, 0.15) is 11.1 Å². The van der Waals surface area contributed by atoms with Crippen molar-refractivity contribution in [2.24, 2.45) is 0 Å². The van der Waals surface area contributed by atoms with Crippen LogP contribution in [-0.2, 0) is 4.79 Å². The summed E-state index contributed by atoms with van der Waals surface area (Å²) < 4.78 is 5.92. The molecule has 144 valence electrons. The maximum absolute atomic E-state index is 12.4. The van der Waals surface area contributed by atoms with Gasteiger partial charge in [-0.05, 0) is 43.7 Å². The van der Waals surface area contributed by atoms with E-state index in [2.05, 4.69) is 24.4 Å². The molecule has 4 rings (SSSR count). The van der Waals surface area contributed by atoms with Crippen LogP contribution in [0.5, 0.6) is 5.75 Å². The topological polar surface area (TPSA) is 51.2 Å². The molecule has 0 saturated heterocycles. The van der Waals surface area contributed by atoms with Gasteiger partial charge < -0.3 is 10.1 Å². The van der Waals surface area contributed by atoms with Crippen LogP contribution in [0.15, 0.2) is 78.9 Å². The van der Waals surface area contributed by atoms with Gasteiger partial charge in [0.15, 0.2) is 6.61 Å². The number of carbonyl (C=O) groups excluding carboxylic acids is 1. The fourth-order valence-corrected chi connectivity index (χ4v) is 3.20. The molecule has 4 heteroatoms. The number of pyridine rings is 1. The van der Waals surface area contributed by atoms with Crippen LogP contribution >= 0.6 is 0 Å². The summed E-state index contributed by atoms with van der Waals surface area (Å²) in [5.41, 5.74) is 5.71. The van der Waals surface area contributed by atoms with Gasteiger partial charge in [0.2, 0.25) is 0 Å². The zero-order valence-electron chi connectivity index (χ0n) is 16.5. The Labute approximate surface area is 170 Å². The Bertz CT molecular complexity index is 1170. The number of hydrogen-bond acceptors (Lipinski definition) is 3. The lowest BCUT2D eigenvalue weighted by molar-refractivity contribution is -0.118. The highest BCUT2D eigenvalue weighted by molar-refractivity contribution is 5.93. The van der Waals surface area contributed by atoms with E-state index >= 15 is 0 Å². The van der Waals surface area contributed by atoms with E-state index in [-0.39, 0.29) is 12.5 Å². The van der Waals surface area contributed by atoms with Crippen molar-refractivity contribution in [3.63, 3.8) is 0 Å². The van der Waals surface area contributed by atoms with Gasteiger partial charge in [-0.2, -0.15) is 0 Å². The van der Waals surface area contributed by atoms with E-state index in [0.717, 1.165) is 33.4 Å². The van der Waals surface area contributed by atoms with Crippen LogP contribution in [0, 0.1) is 13.8 Å². The number of nitrogens with zero attached hydrogens (tertiary/aromatic N) is 1. The first-order chi connectivity index (χ1) is 14.1. The highest BCUT2D eigenvalue weighted by Gasteiger charge is 2.11. The van der Waals surface area contributed by atoms with Crippen molar-refractivity contribution in [2.75, 3.05) is 11.9 Å². The Kier molecular flexibility index (Phi) is 5.25. The molecule has 0 spiro atoms. The van der Waals surface area contributed by atoms with Crippen LogP contribution in [0.3, 0.4) is 0 Å². The normalized spacial score (nSPS) is 10.7. The summed E-state index contributed by atoms with van der Waals surface area (Å²) in [6, 6.07) is 25.6. The maximum atomic E-state index is 12.4. The summed E-state index contributed by atoms with van der Waals surface area (Å²) in [4.78, 5) is 17.1. The number of amides is 1. The molecule has 1 aromatic heterocycles. The highest BCUT2D eigenvalue weighted by Crippen LogP contribution is 2.30. The van der Waals surface area contributed by atoms with Crippen molar-refractivity contribution in [2.45, 2.75) is 13.8 Å². The molecule has 1 heterocycles. The molecule has 0 fully saturated rings. The molecule has 0 aliphatic carbocycles. The van der Waals surface area contributed by atoms with Gasteiger partial charge in [0.25, 0.3) is 5.91 Å². The molecule has 0 aliphatic rings. The molecule has 1 N–H and O–H groups in total. The van der Waals surface area contributed by atoms with E-state index in [1.54, 1.807) is 0 Å². The molecule has 0 atom stereocenters. The summed E-state index contributed by atoms with van der Waals surface area (Å²) >= 11 is 0. The summed E-state index contributed by atoms with van der Waals surface area (Å²) in [5, 5.41) is 3.76. The standard InChI is InChI=1S/C25H22N2O2/c1-17-10-12-19(13-11-17)23-15-24(21-8-3-4-9-22(21)27-23)29-16-25(28)26-20-7-5-6-18(2)14-20/h3-15H,16H2,1-2H3,(H,26,28). The Morgan fingerprint density at radius 2 is 1.69 bits per heavy atom. The van der Waals surface area contributed by atoms with Crippen molar-refractivity contribution >= 4 is 22.5 Å².